The average molecular weight is 927 g/mol. The first kappa shape index (κ1) is 43.5. The summed E-state index contributed by atoms with van der Waals surface area (Å²) in [6.07, 6.45) is -3.05. The molecule has 17 heteroatoms. The Bertz CT molecular complexity index is 2980. The second kappa shape index (κ2) is 18.4. The SMILES string of the molecule is Cc1c(-c2c(-c3cccc4c3sc3ccccc34)ncc3snc(O[C@H](Cc4ccccc4OCc4ccnn4CC(F)(F)F)C(=O)O)c23)ccc(OCCN2CCN(C)CC2)c1Cl. The lowest BCUT2D eigenvalue weighted by molar-refractivity contribution is -0.145. The van der Waals surface area contributed by atoms with Gasteiger partial charge in [-0.1, -0.05) is 72.3 Å². The number of alkyl halides is 3. The maximum absolute atomic E-state index is 13.2. The molecule has 4 aromatic heterocycles. The quantitative estimate of drug-likeness (QED) is 0.107. The van der Waals surface area contributed by atoms with Crippen LogP contribution in [0.15, 0.2) is 97.3 Å². The second-order valence-electron chi connectivity index (χ2n) is 15.7. The molecule has 9 rings (SSSR count). The number of hydrogen-bond acceptors (Lipinski definition) is 11. The van der Waals surface area contributed by atoms with Crippen molar-refractivity contribution in [2.24, 2.45) is 0 Å². The monoisotopic (exact) mass is 926 g/mol. The predicted octanol–water partition coefficient (Wildman–Crippen LogP) is 10.4. The number of aromatic nitrogens is 4. The Hall–Kier alpha value is -5.78. The number of likely N-dealkylation sites (N-methyl/N-ethyl adjacent to an activating group) is 1. The van der Waals surface area contributed by atoms with Gasteiger partial charge < -0.3 is 24.2 Å². The smallest absolute Gasteiger partial charge is 0.408 e. The van der Waals surface area contributed by atoms with Gasteiger partial charge in [0.2, 0.25) is 12.0 Å². The number of pyridine rings is 1. The maximum atomic E-state index is 13.2. The zero-order valence-electron chi connectivity index (χ0n) is 34.8. The fraction of sp³-hybridized carbons (Fsp3) is 0.277. The molecular weight excluding hydrogens is 885 g/mol. The molecule has 11 nitrogen and oxygen atoms in total. The number of carbonyl (C=O) groups is 1. The molecule has 0 spiro atoms. The van der Waals surface area contributed by atoms with Crippen molar-refractivity contribution >= 4 is 70.7 Å². The molecule has 1 fully saturated rings. The number of rotatable bonds is 15. The van der Waals surface area contributed by atoms with Crippen LogP contribution in [0.5, 0.6) is 17.4 Å². The zero-order chi connectivity index (χ0) is 44.5. The van der Waals surface area contributed by atoms with E-state index < -0.39 is 24.8 Å². The number of carboxylic acids is 1. The molecule has 0 unspecified atom stereocenters. The summed E-state index contributed by atoms with van der Waals surface area (Å²) in [4.78, 5) is 22.8. The minimum atomic E-state index is -4.47. The largest absolute Gasteiger partial charge is 0.491 e. The topological polar surface area (TPSA) is 115 Å². The van der Waals surface area contributed by atoms with Crippen LogP contribution in [0.2, 0.25) is 5.02 Å². The molecule has 64 heavy (non-hydrogen) atoms. The number of ether oxygens (including phenoxy) is 3. The van der Waals surface area contributed by atoms with Crippen molar-refractivity contribution in [3.63, 3.8) is 0 Å². The van der Waals surface area contributed by atoms with E-state index >= 15 is 0 Å². The Balaban J connectivity index is 1.09. The highest BCUT2D eigenvalue weighted by molar-refractivity contribution is 7.26. The first-order valence-corrected chi connectivity index (χ1v) is 22.6. The van der Waals surface area contributed by atoms with Crippen LogP contribution in [0.25, 0.3) is 52.6 Å². The molecule has 8 aromatic rings. The Morgan fingerprint density at radius 1 is 0.906 bits per heavy atom. The van der Waals surface area contributed by atoms with Gasteiger partial charge in [0.25, 0.3) is 0 Å². The second-order valence-corrected chi connectivity index (χ2v) is 17.9. The van der Waals surface area contributed by atoms with Crippen molar-refractivity contribution in [2.75, 3.05) is 46.4 Å². The van der Waals surface area contributed by atoms with Crippen LogP contribution < -0.4 is 14.2 Å². The van der Waals surface area contributed by atoms with Gasteiger partial charge in [0.15, 0.2) is 0 Å². The summed E-state index contributed by atoms with van der Waals surface area (Å²) in [5.41, 5.74) is 4.38. The summed E-state index contributed by atoms with van der Waals surface area (Å²) >= 11 is 9.99. The van der Waals surface area contributed by atoms with E-state index in [2.05, 4.69) is 44.5 Å². The Labute approximate surface area is 379 Å². The van der Waals surface area contributed by atoms with E-state index in [-0.39, 0.29) is 24.6 Å². The van der Waals surface area contributed by atoms with Gasteiger partial charge >= 0.3 is 12.1 Å². The predicted molar refractivity (Wildman–Crippen MR) is 245 cm³/mol. The van der Waals surface area contributed by atoms with Crippen LogP contribution in [0, 0.1) is 6.92 Å². The average Bonchev–Trinajstić information content (AvgIpc) is 4.01. The summed E-state index contributed by atoms with van der Waals surface area (Å²) in [6.45, 7) is 5.64. The summed E-state index contributed by atoms with van der Waals surface area (Å²) in [6, 6.07) is 26.4. The van der Waals surface area contributed by atoms with E-state index in [1.807, 2.05) is 43.3 Å². The third kappa shape index (κ3) is 9.10. The lowest BCUT2D eigenvalue weighted by Gasteiger charge is -2.32. The van der Waals surface area contributed by atoms with Crippen LogP contribution in [0.1, 0.15) is 16.8 Å². The van der Waals surface area contributed by atoms with Gasteiger partial charge in [-0.15, -0.1) is 11.3 Å². The lowest BCUT2D eigenvalue weighted by atomic mass is 9.92. The summed E-state index contributed by atoms with van der Waals surface area (Å²) < 4.78 is 66.6. The zero-order valence-corrected chi connectivity index (χ0v) is 37.2. The number of aliphatic carboxylic acids is 1. The molecular formula is C47H42ClF3N6O5S2. The Morgan fingerprint density at radius 2 is 1.69 bits per heavy atom. The van der Waals surface area contributed by atoms with Gasteiger partial charge in [-0.05, 0) is 66.5 Å². The van der Waals surface area contributed by atoms with E-state index in [1.54, 1.807) is 41.8 Å². The number of halogens is 4. The van der Waals surface area contributed by atoms with Crippen molar-refractivity contribution in [1.29, 1.82) is 0 Å². The van der Waals surface area contributed by atoms with Crippen LogP contribution in [0.4, 0.5) is 13.2 Å². The molecule has 330 valence electrons. The minimum Gasteiger partial charge on any atom is -0.491 e. The van der Waals surface area contributed by atoms with E-state index in [4.69, 9.17) is 30.8 Å². The van der Waals surface area contributed by atoms with E-state index in [1.165, 1.54) is 12.3 Å². The van der Waals surface area contributed by atoms with Gasteiger partial charge in [0, 0.05) is 82.8 Å². The maximum Gasteiger partial charge on any atom is 0.408 e. The molecule has 1 atom stereocenters. The standard InChI is InChI=1S/C47H42ClF3N6O5S2/c1-28-31(14-15-36(42(28)48)60-23-22-56-20-18-55(2)19-21-56)40-41-39(25-52-43(40)34-11-7-10-33-32-9-4-6-13-38(32)63-44(33)34)64-54-45(41)62-37(46(58)59)24-29-8-3-5-12-35(29)61-26-30-16-17-53-57(30)27-47(49,50)51/h3-17,25,37H,18-24,26-27H2,1-2H3,(H,58,59)/t37-/m1/s1. The van der Waals surface area contributed by atoms with Crippen molar-refractivity contribution in [2.45, 2.75) is 38.8 Å². The molecule has 4 aromatic carbocycles. The van der Waals surface area contributed by atoms with Crippen molar-refractivity contribution in [3.05, 3.63) is 119 Å². The number of thiophene rings is 1. The van der Waals surface area contributed by atoms with Crippen LogP contribution in [-0.4, -0.2) is 98.7 Å². The third-order valence-corrected chi connectivity index (χ3v) is 13.9. The van der Waals surface area contributed by atoms with E-state index in [0.717, 1.165) is 85.8 Å². The van der Waals surface area contributed by atoms with Gasteiger partial charge in [0.1, 0.15) is 31.3 Å². The number of nitrogens with zero attached hydrogens (tertiary/aromatic N) is 6. The number of carboxylic acid groups (broad SMARTS) is 1. The number of benzene rings is 4. The van der Waals surface area contributed by atoms with Crippen molar-refractivity contribution in [1.82, 2.24) is 28.9 Å². The molecule has 0 saturated carbocycles. The molecule has 1 N–H and O–H groups in total. The molecule has 1 aliphatic rings. The van der Waals surface area contributed by atoms with Gasteiger partial charge in [0.05, 0.1) is 26.5 Å². The van der Waals surface area contributed by atoms with E-state index in [0.29, 0.717) is 50.0 Å². The van der Waals surface area contributed by atoms with Crippen LogP contribution >= 0.6 is 34.5 Å². The fourth-order valence-electron chi connectivity index (χ4n) is 8.06. The number of fused-ring (bicyclic) bond motifs is 4. The van der Waals surface area contributed by atoms with Crippen LogP contribution in [0.3, 0.4) is 0 Å². The molecule has 1 aliphatic heterocycles. The van der Waals surface area contributed by atoms with E-state index in [9.17, 15) is 23.1 Å². The minimum absolute atomic E-state index is 0.104. The molecule has 0 aliphatic carbocycles. The Morgan fingerprint density at radius 3 is 2.50 bits per heavy atom. The molecule has 0 radical (unpaired) electrons. The summed E-state index contributed by atoms with van der Waals surface area (Å²) in [5.74, 6) is -0.295. The summed E-state index contributed by atoms with van der Waals surface area (Å²) in [5, 5.41) is 17.7. The highest BCUT2D eigenvalue weighted by Gasteiger charge is 2.31. The molecule has 0 bridgehead atoms. The number of piperazine rings is 1. The first-order chi connectivity index (χ1) is 30.9. The van der Waals surface area contributed by atoms with Crippen molar-refractivity contribution < 1.29 is 37.3 Å². The lowest BCUT2D eigenvalue weighted by Crippen LogP contribution is -2.45. The molecule has 1 saturated heterocycles. The first-order valence-electron chi connectivity index (χ1n) is 20.6. The third-order valence-electron chi connectivity index (χ3n) is 11.4. The van der Waals surface area contributed by atoms with Crippen LogP contribution in [-0.2, 0) is 24.4 Å². The summed E-state index contributed by atoms with van der Waals surface area (Å²) in [7, 11) is 2.13. The van der Waals surface area contributed by atoms with Gasteiger partial charge in [-0.3, -0.25) is 14.6 Å². The Kier molecular flexibility index (Phi) is 12.5. The van der Waals surface area contributed by atoms with Gasteiger partial charge in [-0.2, -0.15) is 22.6 Å². The van der Waals surface area contributed by atoms with Gasteiger partial charge in [-0.25, -0.2) is 4.79 Å². The highest BCUT2D eigenvalue weighted by atomic mass is 35.5. The normalized spacial score (nSPS) is 14.4. The molecule has 0 amide bonds. The fourth-order valence-corrected chi connectivity index (χ4v) is 10.2. The number of para-hydroxylation sites is 1. The number of hydrogen-bond donors (Lipinski definition) is 1. The highest BCUT2D eigenvalue weighted by Crippen LogP contribution is 2.48. The van der Waals surface area contributed by atoms with Crippen molar-refractivity contribution in [3.8, 4) is 39.8 Å². The molecule has 5 heterocycles.